The van der Waals surface area contributed by atoms with Gasteiger partial charge in [-0.15, -0.1) is 0 Å². The van der Waals surface area contributed by atoms with E-state index in [-0.39, 0.29) is 43.4 Å². The third-order valence-corrected chi connectivity index (χ3v) is 4.35. The lowest BCUT2D eigenvalue weighted by atomic mass is 10.2. The van der Waals surface area contributed by atoms with Crippen molar-refractivity contribution in [1.29, 1.82) is 0 Å². The first-order valence-corrected chi connectivity index (χ1v) is 10.0. The average molecular weight is 448 g/mol. The largest absolute Gasteiger partial charge is 0.488 e. The Hall–Kier alpha value is -3.17. The van der Waals surface area contributed by atoms with E-state index in [1.807, 2.05) is 13.8 Å². The Balaban J connectivity index is 1.95. The zero-order valence-electron chi connectivity index (χ0n) is 17.1. The zero-order chi connectivity index (χ0) is 22.4. The molecule has 0 saturated carbocycles. The Morgan fingerprint density at radius 2 is 1.94 bits per heavy atom. The maximum absolute atomic E-state index is 14.4. The molecule has 1 aromatic heterocycles. The lowest BCUT2D eigenvalue weighted by Gasteiger charge is -2.16. The minimum Gasteiger partial charge on any atom is -0.488 e. The standard InChI is InChI=1S/C21H23ClFN5O3/c1-13(2)31-18-8-7-16(11-17(18)23)25-20-26-19(24-9-10-29)27-21(30)28(20)12-14-3-5-15(22)6-4-14/h3-8,11,13,29H,9-10,12H2,1-2H3,(H2,24,25,26,27,30). The van der Waals surface area contributed by atoms with Crippen molar-refractivity contribution in [3.8, 4) is 5.75 Å². The van der Waals surface area contributed by atoms with E-state index in [4.69, 9.17) is 21.4 Å². The minimum atomic E-state index is -0.562. The van der Waals surface area contributed by atoms with Gasteiger partial charge in [-0.05, 0) is 43.7 Å². The summed E-state index contributed by atoms with van der Waals surface area (Å²) in [6, 6.07) is 11.4. The van der Waals surface area contributed by atoms with Gasteiger partial charge in [-0.2, -0.15) is 9.97 Å². The molecule has 1 heterocycles. The van der Waals surface area contributed by atoms with E-state index < -0.39 is 11.5 Å². The third-order valence-electron chi connectivity index (χ3n) is 4.10. The van der Waals surface area contributed by atoms with Crippen molar-refractivity contribution in [2.45, 2.75) is 26.5 Å². The van der Waals surface area contributed by atoms with Gasteiger partial charge >= 0.3 is 5.69 Å². The van der Waals surface area contributed by atoms with Crippen LogP contribution in [0.15, 0.2) is 47.3 Å². The summed E-state index contributed by atoms with van der Waals surface area (Å²) >= 11 is 5.93. The first-order chi connectivity index (χ1) is 14.9. The summed E-state index contributed by atoms with van der Waals surface area (Å²) in [7, 11) is 0. The molecular weight excluding hydrogens is 425 g/mol. The molecule has 0 aliphatic carbocycles. The van der Waals surface area contributed by atoms with E-state index in [0.29, 0.717) is 10.7 Å². The fourth-order valence-electron chi connectivity index (χ4n) is 2.74. The first kappa shape index (κ1) is 22.5. The highest BCUT2D eigenvalue weighted by Gasteiger charge is 2.13. The van der Waals surface area contributed by atoms with Gasteiger partial charge in [0.1, 0.15) is 0 Å². The van der Waals surface area contributed by atoms with E-state index in [1.54, 1.807) is 30.3 Å². The number of ether oxygens (including phenoxy) is 1. The Morgan fingerprint density at radius 3 is 2.58 bits per heavy atom. The second-order valence-electron chi connectivity index (χ2n) is 6.95. The first-order valence-electron chi connectivity index (χ1n) is 9.67. The summed E-state index contributed by atoms with van der Waals surface area (Å²) in [4.78, 5) is 20.9. The monoisotopic (exact) mass is 447 g/mol. The molecule has 0 radical (unpaired) electrons. The molecule has 0 amide bonds. The van der Waals surface area contributed by atoms with Gasteiger partial charge in [-0.3, -0.25) is 4.57 Å². The van der Waals surface area contributed by atoms with E-state index in [9.17, 15) is 9.18 Å². The van der Waals surface area contributed by atoms with Gasteiger partial charge in [0, 0.05) is 23.3 Å². The topological polar surface area (TPSA) is 101 Å². The fourth-order valence-corrected chi connectivity index (χ4v) is 2.87. The van der Waals surface area contributed by atoms with Gasteiger partial charge < -0.3 is 20.5 Å². The van der Waals surface area contributed by atoms with Gasteiger partial charge in [0.05, 0.1) is 19.3 Å². The van der Waals surface area contributed by atoms with Crippen LogP contribution in [0, 0.1) is 5.82 Å². The number of hydrogen-bond donors (Lipinski definition) is 3. The SMILES string of the molecule is CC(C)Oc1ccc(Nc2nc(NCCO)nc(=O)n2Cc2ccc(Cl)cc2)cc1F. The molecule has 0 spiro atoms. The maximum atomic E-state index is 14.4. The highest BCUT2D eigenvalue weighted by molar-refractivity contribution is 6.30. The zero-order valence-corrected chi connectivity index (χ0v) is 17.9. The van der Waals surface area contributed by atoms with Crippen LogP contribution in [0.4, 0.5) is 22.0 Å². The van der Waals surface area contributed by atoms with Crippen molar-refractivity contribution >= 4 is 29.2 Å². The number of nitrogens with zero attached hydrogens (tertiary/aromatic N) is 3. The summed E-state index contributed by atoms with van der Waals surface area (Å²) in [5.41, 5.74) is 0.624. The van der Waals surface area contributed by atoms with Crippen LogP contribution in [0.5, 0.6) is 5.75 Å². The van der Waals surface area contributed by atoms with Crippen molar-refractivity contribution in [2.75, 3.05) is 23.8 Å². The summed E-state index contributed by atoms with van der Waals surface area (Å²) in [5, 5.41) is 15.3. The smallest absolute Gasteiger partial charge is 0.353 e. The molecule has 3 aromatic rings. The van der Waals surface area contributed by atoms with E-state index in [0.717, 1.165) is 5.56 Å². The van der Waals surface area contributed by atoms with Crippen LogP contribution >= 0.6 is 11.6 Å². The number of benzene rings is 2. The average Bonchev–Trinajstić information content (AvgIpc) is 2.72. The molecule has 2 aromatic carbocycles. The van der Waals surface area contributed by atoms with Crippen molar-refractivity contribution < 1.29 is 14.2 Å². The highest BCUT2D eigenvalue weighted by atomic mass is 35.5. The van der Waals surface area contributed by atoms with Gasteiger partial charge in [0.2, 0.25) is 11.9 Å². The number of aromatic nitrogens is 3. The molecule has 0 bridgehead atoms. The number of aliphatic hydroxyl groups is 1. The molecule has 0 atom stereocenters. The Kier molecular flexibility index (Phi) is 7.43. The normalized spacial score (nSPS) is 10.9. The van der Waals surface area contributed by atoms with Crippen LogP contribution in [0.1, 0.15) is 19.4 Å². The molecule has 164 valence electrons. The van der Waals surface area contributed by atoms with Crippen LogP contribution in [0.3, 0.4) is 0 Å². The van der Waals surface area contributed by atoms with Crippen LogP contribution in [0.25, 0.3) is 0 Å². The van der Waals surface area contributed by atoms with Crippen LogP contribution in [0.2, 0.25) is 5.02 Å². The quantitative estimate of drug-likeness (QED) is 0.462. The highest BCUT2D eigenvalue weighted by Crippen LogP contribution is 2.24. The Bertz CT molecular complexity index is 1090. The fraction of sp³-hybridized carbons (Fsp3) is 0.286. The molecule has 0 aliphatic rings. The number of anilines is 3. The van der Waals surface area contributed by atoms with E-state index in [1.165, 1.54) is 16.7 Å². The Labute approximate surface area is 183 Å². The predicted octanol–water partition coefficient (Wildman–Crippen LogP) is 3.41. The number of halogens is 2. The summed E-state index contributed by atoms with van der Waals surface area (Å²) < 4.78 is 21.1. The van der Waals surface area contributed by atoms with E-state index >= 15 is 0 Å². The van der Waals surface area contributed by atoms with Gasteiger partial charge in [0.25, 0.3) is 0 Å². The lowest BCUT2D eigenvalue weighted by molar-refractivity contribution is 0.231. The summed E-state index contributed by atoms with van der Waals surface area (Å²) in [6.45, 7) is 3.82. The number of rotatable bonds is 9. The minimum absolute atomic E-state index is 0.0501. The molecule has 8 nitrogen and oxygen atoms in total. The van der Waals surface area contributed by atoms with Crippen molar-refractivity contribution in [1.82, 2.24) is 14.5 Å². The van der Waals surface area contributed by atoms with Crippen molar-refractivity contribution in [3.63, 3.8) is 0 Å². The molecule has 0 fully saturated rings. The molecular formula is C21H23ClFN5O3. The molecule has 0 unspecified atom stereocenters. The summed E-state index contributed by atoms with van der Waals surface area (Å²) in [6.07, 6.45) is -0.167. The van der Waals surface area contributed by atoms with Gasteiger partial charge in [-0.25, -0.2) is 9.18 Å². The molecule has 10 heteroatoms. The maximum Gasteiger partial charge on any atom is 0.353 e. The second kappa shape index (κ2) is 10.2. The van der Waals surface area contributed by atoms with E-state index in [2.05, 4.69) is 20.6 Å². The van der Waals surface area contributed by atoms with Crippen LogP contribution in [-0.4, -0.2) is 38.9 Å². The molecule has 0 saturated heterocycles. The number of nitrogens with one attached hydrogen (secondary N) is 2. The second-order valence-corrected chi connectivity index (χ2v) is 7.39. The molecule has 3 rings (SSSR count). The molecule has 0 aliphatic heterocycles. The number of hydrogen-bond acceptors (Lipinski definition) is 7. The van der Waals surface area contributed by atoms with Gasteiger partial charge in [0.15, 0.2) is 11.6 Å². The third kappa shape index (κ3) is 6.16. The van der Waals surface area contributed by atoms with Crippen LogP contribution < -0.4 is 21.1 Å². The molecule has 31 heavy (non-hydrogen) atoms. The Morgan fingerprint density at radius 1 is 1.19 bits per heavy atom. The summed E-state index contributed by atoms with van der Waals surface area (Å²) in [5.74, 6) is -0.202. The van der Waals surface area contributed by atoms with Gasteiger partial charge in [-0.1, -0.05) is 23.7 Å². The number of aliphatic hydroxyl groups excluding tert-OH is 1. The lowest BCUT2D eigenvalue weighted by Crippen LogP contribution is -2.28. The van der Waals surface area contributed by atoms with Crippen molar-refractivity contribution in [3.05, 3.63) is 69.4 Å². The molecule has 3 N–H and O–H groups in total. The van der Waals surface area contributed by atoms with Crippen LogP contribution in [-0.2, 0) is 6.54 Å². The van der Waals surface area contributed by atoms with Crippen molar-refractivity contribution in [2.24, 2.45) is 0 Å². The predicted molar refractivity (Wildman–Crippen MR) is 118 cm³/mol.